The fourth-order valence-corrected chi connectivity index (χ4v) is 4.79. The Kier molecular flexibility index (Phi) is 5.03. The molecule has 0 saturated heterocycles. The molecule has 2 aromatic heterocycles. The van der Waals surface area contributed by atoms with Crippen LogP contribution in [0.3, 0.4) is 0 Å². The Morgan fingerprint density at radius 3 is 2.77 bits per heavy atom. The lowest BCUT2D eigenvalue weighted by Crippen LogP contribution is -2.23. The first kappa shape index (κ1) is 19.5. The van der Waals surface area contributed by atoms with Gasteiger partial charge in [-0.05, 0) is 43.4 Å². The Balaban J connectivity index is 1.49. The van der Waals surface area contributed by atoms with E-state index < -0.39 is 0 Å². The van der Waals surface area contributed by atoms with E-state index in [0.717, 1.165) is 46.1 Å². The predicted octanol–water partition coefficient (Wildman–Crippen LogP) is 4.59. The number of carbonyl (C=O) groups is 1. The van der Waals surface area contributed by atoms with E-state index in [1.807, 2.05) is 37.4 Å². The molecule has 31 heavy (non-hydrogen) atoms. The quantitative estimate of drug-likeness (QED) is 0.576. The minimum absolute atomic E-state index is 0.0861. The lowest BCUT2D eigenvalue weighted by Gasteiger charge is -2.11. The molecule has 0 N–H and O–H groups in total. The number of rotatable bonds is 5. The number of aromatic nitrogens is 3. The van der Waals surface area contributed by atoms with Crippen molar-refractivity contribution in [1.29, 1.82) is 5.26 Å². The van der Waals surface area contributed by atoms with E-state index in [2.05, 4.69) is 28.1 Å². The SMILES string of the molecule is Cc1ccc(-c2cnn(CC3CCCC3)c2)c(-c2ccc3c(c2)C(=O)N(CC#N)C3)n1. The Morgan fingerprint density at radius 1 is 1.13 bits per heavy atom. The third-order valence-corrected chi connectivity index (χ3v) is 6.42. The third-order valence-electron chi connectivity index (χ3n) is 6.42. The molecule has 3 aromatic rings. The molecule has 6 nitrogen and oxygen atoms in total. The highest BCUT2D eigenvalue weighted by atomic mass is 16.2. The molecule has 1 aromatic carbocycles. The van der Waals surface area contributed by atoms with Crippen LogP contribution in [0, 0.1) is 24.2 Å². The van der Waals surface area contributed by atoms with Gasteiger partial charge in [0.1, 0.15) is 6.54 Å². The monoisotopic (exact) mass is 411 g/mol. The van der Waals surface area contributed by atoms with Crippen molar-refractivity contribution in [3.05, 3.63) is 59.5 Å². The highest BCUT2D eigenvalue weighted by Crippen LogP contribution is 2.34. The summed E-state index contributed by atoms with van der Waals surface area (Å²) in [5.74, 6) is 0.638. The number of pyridine rings is 1. The minimum Gasteiger partial charge on any atom is -0.321 e. The van der Waals surface area contributed by atoms with E-state index >= 15 is 0 Å². The number of hydrogen-bond donors (Lipinski definition) is 0. The van der Waals surface area contributed by atoms with Crippen LogP contribution >= 0.6 is 0 Å². The first-order valence-corrected chi connectivity index (χ1v) is 10.9. The van der Waals surface area contributed by atoms with E-state index in [1.54, 1.807) is 4.90 Å². The summed E-state index contributed by atoms with van der Waals surface area (Å²) < 4.78 is 2.06. The molecule has 6 heteroatoms. The van der Waals surface area contributed by atoms with Gasteiger partial charge in [0, 0.05) is 47.2 Å². The van der Waals surface area contributed by atoms with Crippen molar-refractivity contribution in [2.75, 3.05) is 6.54 Å². The Labute approximate surface area is 182 Å². The van der Waals surface area contributed by atoms with Crippen LogP contribution in [0.2, 0.25) is 0 Å². The normalized spacial score (nSPS) is 16.0. The van der Waals surface area contributed by atoms with Gasteiger partial charge in [-0.2, -0.15) is 10.4 Å². The fourth-order valence-electron chi connectivity index (χ4n) is 4.79. The van der Waals surface area contributed by atoms with E-state index in [1.165, 1.54) is 25.7 Å². The number of amides is 1. The molecule has 5 rings (SSSR count). The molecule has 2 aliphatic rings. The van der Waals surface area contributed by atoms with Gasteiger partial charge in [-0.1, -0.05) is 31.0 Å². The molecule has 1 aliphatic heterocycles. The van der Waals surface area contributed by atoms with Crippen LogP contribution in [0.5, 0.6) is 0 Å². The Morgan fingerprint density at radius 2 is 1.97 bits per heavy atom. The molecule has 0 unspecified atom stereocenters. The maximum atomic E-state index is 12.7. The zero-order valence-corrected chi connectivity index (χ0v) is 17.7. The van der Waals surface area contributed by atoms with E-state index in [9.17, 15) is 4.79 Å². The van der Waals surface area contributed by atoms with Crippen LogP contribution in [0.15, 0.2) is 42.7 Å². The molecule has 0 atom stereocenters. The van der Waals surface area contributed by atoms with Gasteiger partial charge in [0.25, 0.3) is 5.91 Å². The smallest absolute Gasteiger partial charge is 0.255 e. The maximum Gasteiger partial charge on any atom is 0.255 e. The van der Waals surface area contributed by atoms with Crippen molar-refractivity contribution in [1.82, 2.24) is 19.7 Å². The van der Waals surface area contributed by atoms with Crippen LogP contribution in [-0.2, 0) is 13.1 Å². The van der Waals surface area contributed by atoms with Gasteiger partial charge in [-0.25, -0.2) is 0 Å². The van der Waals surface area contributed by atoms with Crippen LogP contribution in [-0.4, -0.2) is 32.1 Å². The number of benzene rings is 1. The Hall–Kier alpha value is -3.46. The topological polar surface area (TPSA) is 74.8 Å². The Bertz CT molecular complexity index is 1180. The van der Waals surface area contributed by atoms with Crippen LogP contribution < -0.4 is 0 Å². The molecule has 0 radical (unpaired) electrons. The highest BCUT2D eigenvalue weighted by Gasteiger charge is 2.28. The van der Waals surface area contributed by atoms with Crippen molar-refractivity contribution in [3.8, 4) is 28.5 Å². The van der Waals surface area contributed by atoms with Crippen molar-refractivity contribution >= 4 is 5.91 Å². The summed E-state index contributed by atoms with van der Waals surface area (Å²) in [6.07, 6.45) is 9.26. The van der Waals surface area contributed by atoms with Gasteiger partial charge in [0.2, 0.25) is 0 Å². The first-order chi connectivity index (χ1) is 15.1. The van der Waals surface area contributed by atoms with Crippen molar-refractivity contribution < 1.29 is 4.79 Å². The van der Waals surface area contributed by atoms with E-state index in [-0.39, 0.29) is 12.5 Å². The highest BCUT2D eigenvalue weighted by molar-refractivity contribution is 6.00. The molecule has 0 spiro atoms. The van der Waals surface area contributed by atoms with Gasteiger partial charge in [-0.15, -0.1) is 0 Å². The van der Waals surface area contributed by atoms with Gasteiger partial charge >= 0.3 is 0 Å². The summed E-state index contributed by atoms with van der Waals surface area (Å²) in [6, 6.07) is 12.1. The standard InChI is InChI=1S/C25H25N5O/c1-17-6-9-22(21-13-27-30(16-21)14-18-4-2-3-5-18)24(28-17)19-7-8-20-15-29(11-10-26)25(31)23(20)12-19/h6-9,12-13,16,18H,2-5,11,14-15H2,1H3. The lowest BCUT2D eigenvalue weighted by molar-refractivity contribution is 0.0798. The summed E-state index contributed by atoms with van der Waals surface area (Å²) >= 11 is 0. The van der Waals surface area contributed by atoms with Gasteiger partial charge in [0.05, 0.1) is 18.0 Å². The average molecular weight is 412 g/mol. The molecule has 1 fully saturated rings. The van der Waals surface area contributed by atoms with Gasteiger partial charge < -0.3 is 4.90 Å². The lowest BCUT2D eigenvalue weighted by atomic mass is 9.98. The molecule has 1 saturated carbocycles. The molecular weight excluding hydrogens is 386 g/mol. The molecule has 1 aliphatic carbocycles. The van der Waals surface area contributed by atoms with Crippen LogP contribution in [0.4, 0.5) is 0 Å². The average Bonchev–Trinajstić information content (AvgIpc) is 3.51. The summed E-state index contributed by atoms with van der Waals surface area (Å²) in [5, 5.41) is 13.6. The molecule has 0 bridgehead atoms. The second kappa shape index (κ2) is 7.99. The van der Waals surface area contributed by atoms with Gasteiger partial charge in [0.15, 0.2) is 0 Å². The zero-order chi connectivity index (χ0) is 21.4. The number of aryl methyl sites for hydroxylation is 1. The third kappa shape index (κ3) is 3.72. The van der Waals surface area contributed by atoms with Crippen molar-refractivity contribution in [2.24, 2.45) is 5.92 Å². The van der Waals surface area contributed by atoms with Crippen molar-refractivity contribution in [3.63, 3.8) is 0 Å². The zero-order valence-electron chi connectivity index (χ0n) is 17.7. The van der Waals surface area contributed by atoms with Crippen molar-refractivity contribution in [2.45, 2.75) is 45.7 Å². The summed E-state index contributed by atoms with van der Waals surface area (Å²) in [6.45, 7) is 3.54. The van der Waals surface area contributed by atoms with Crippen LogP contribution in [0.25, 0.3) is 22.4 Å². The van der Waals surface area contributed by atoms with E-state index in [4.69, 9.17) is 10.2 Å². The summed E-state index contributed by atoms with van der Waals surface area (Å²) in [4.78, 5) is 19.1. The second-order valence-corrected chi connectivity index (χ2v) is 8.64. The second-order valence-electron chi connectivity index (χ2n) is 8.64. The molecule has 156 valence electrons. The fraction of sp³-hybridized carbons (Fsp3) is 0.360. The maximum absolute atomic E-state index is 12.7. The summed E-state index contributed by atoms with van der Waals surface area (Å²) in [7, 11) is 0. The van der Waals surface area contributed by atoms with Gasteiger partial charge in [-0.3, -0.25) is 14.5 Å². The number of nitrogens with zero attached hydrogens (tertiary/aromatic N) is 5. The largest absolute Gasteiger partial charge is 0.321 e. The summed E-state index contributed by atoms with van der Waals surface area (Å²) in [5.41, 5.74) is 6.38. The molecular formula is C25H25N5O. The number of carbonyl (C=O) groups excluding carboxylic acids is 1. The predicted molar refractivity (Wildman–Crippen MR) is 118 cm³/mol. The molecule has 1 amide bonds. The number of hydrogen-bond acceptors (Lipinski definition) is 4. The van der Waals surface area contributed by atoms with Crippen LogP contribution in [0.1, 0.15) is 47.3 Å². The number of fused-ring (bicyclic) bond motifs is 1. The first-order valence-electron chi connectivity index (χ1n) is 10.9. The van der Waals surface area contributed by atoms with E-state index in [0.29, 0.717) is 12.1 Å². The number of nitriles is 1. The molecule has 3 heterocycles. The minimum atomic E-state index is -0.0861.